The monoisotopic (exact) mass is 279 g/mol. The SMILES string of the molecule is CCOC(=O)c1nc(-c2ccc(C)o2)sc1C(C)=O. The topological polar surface area (TPSA) is 69.4 Å². The summed E-state index contributed by atoms with van der Waals surface area (Å²) in [6.45, 7) is 5.15. The average Bonchev–Trinajstić information content (AvgIpc) is 2.94. The van der Waals surface area contributed by atoms with Gasteiger partial charge in [-0.2, -0.15) is 0 Å². The van der Waals surface area contributed by atoms with Crippen molar-refractivity contribution in [1.29, 1.82) is 0 Å². The molecule has 6 heteroatoms. The van der Waals surface area contributed by atoms with Crippen molar-refractivity contribution in [3.05, 3.63) is 28.5 Å². The normalized spacial score (nSPS) is 10.5. The third kappa shape index (κ3) is 2.73. The maximum absolute atomic E-state index is 11.8. The van der Waals surface area contributed by atoms with Crippen LogP contribution in [0.5, 0.6) is 0 Å². The number of hydrogen-bond donors (Lipinski definition) is 0. The van der Waals surface area contributed by atoms with E-state index in [2.05, 4.69) is 4.98 Å². The van der Waals surface area contributed by atoms with Crippen molar-refractivity contribution in [2.24, 2.45) is 0 Å². The van der Waals surface area contributed by atoms with Gasteiger partial charge in [0.15, 0.2) is 22.2 Å². The quantitative estimate of drug-likeness (QED) is 0.635. The van der Waals surface area contributed by atoms with Gasteiger partial charge in [-0.05, 0) is 26.0 Å². The van der Waals surface area contributed by atoms with Crippen LogP contribution in [-0.2, 0) is 4.74 Å². The van der Waals surface area contributed by atoms with Crippen LogP contribution >= 0.6 is 11.3 Å². The third-order valence-corrected chi connectivity index (χ3v) is 3.54. The number of nitrogens with zero attached hydrogens (tertiary/aromatic N) is 1. The summed E-state index contributed by atoms with van der Waals surface area (Å²) in [4.78, 5) is 27.8. The zero-order valence-electron chi connectivity index (χ0n) is 10.9. The van der Waals surface area contributed by atoms with Gasteiger partial charge in [0, 0.05) is 6.92 Å². The van der Waals surface area contributed by atoms with Gasteiger partial charge in [0.25, 0.3) is 0 Å². The van der Waals surface area contributed by atoms with E-state index in [1.165, 1.54) is 6.92 Å². The van der Waals surface area contributed by atoms with Gasteiger partial charge in [-0.3, -0.25) is 4.79 Å². The Labute approximate surface area is 114 Å². The molecule has 0 aliphatic heterocycles. The van der Waals surface area contributed by atoms with Crippen LogP contribution in [0.3, 0.4) is 0 Å². The summed E-state index contributed by atoms with van der Waals surface area (Å²) in [5.74, 6) is 0.487. The Kier molecular flexibility index (Phi) is 3.80. The lowest BCUT2D eigenvalue weighted by Crippen LogP contribution is -2.09. The van der Waals surface area contributed by atoms with E-state index in [1.807, 2.05) is 6.92 Å². The predicted molar refractivity (Wildman–Crippen MR) is 70.5 cm³/mol. The van der Waals surface area contributed by atoms with E-state index < -0.39 is 5.97 Å². The molecule has 19 heavy (non-hydrogen) atoms. The molecule has 0 saturated heterocycles. The van der Waals surface area contributed by atoms with Gasteiger partial charge in [-0.1, -0.05) is 0 Å². The molecule has 2 heterocycles. The molecule has 0 unspecified atom stereocenters. The minimum atomic E-state index is -0.585. The summed E-state index contributed by atoms with van der Waals surface area (Å²) in [6, 6.07) is 3.56. The number of esters is 1. The molecule has 0 aliphatic rings. The number of aromatic nitrogens is 1. The number of carbonyl (C=O) groups excluding carboxylic acids is 2. The second-order valence-electron chi connectivity index (χ2n) is 3.88. The maximum atomic E-state index is 11.8. The van der Waals surface area contributed by atoms with E-state index in [-0.39, 0.29) is 18.1 Å². The number of hydrogen-bond acceptors (Lipinski definition) is 6. The van der Waals surface area contributed by atoms with Gasteiger partial charge >= 0.3 is 5.97 Å². The molecule has 0 atom stereocenters. The fourth-order valence-corrected chi connectivity index (χ4v) is 2.46. The van der Waals surface area contributed by atoms with E-state index in [0.29, 0.717) is 15.6 Å². The van der Waals surface area contributed by atoms with Crippen LogP contribution in [-0.4, -0.2) is 23.3 Å². The number of Topliss-reactive ketones (excluding diaryl/α,β-unsaturated/α-hetero) is 1. The van der Waals surface area contributed by atoms with Crippen molar-refractivity contribution in [2.45, 2.75) is 20.8 Å². The van der Waals surface area contributed by atoms with Crippen LogP contribution in [0.2, 0.25) is 0 Å². The highest BCUT2D eigenvalue weighted by Crippen LogP contribution is 2.30. The minimum Gasteiger partial charge on any atom is -0.461 e. The lowest BCUT2D eigenvalue weighted by atomic mass is 10.3. The first-order chi connectivity index (χ1) is 9.02. The standard InChI is InChI=1S/C13H13NO4S/c1-4-17-13(16)10-11(8(3)15)19-12(14-10)9-6-5-7(2)18-9/h5-6H,4H2,1-3H3. The molecule has 0 radical (unpaired) electrons. The molecule has 0 bridgehead atoms. The summed E-state index contributed by atoms with van der Waals surface area (Å²) < 4.78 is 10.3. The van der Waals surface area contributed by atoms with Crippen LogP contribution < -0.4 is 0 Å². The first-order valence-electron chi connectivity index (χ1n) is 5.78. The molecule has 0 aliphatic carbocycles. The maximum Gasteiger partial charge on any atom is 0.358 e. The van der Waals surface area contributed by atoms with Crippen LogP contribution in [0.15, 0.2) is 16.5 Å². The Morgan fingerprint density at radius 3 is 2.68 bits per heavy atom. The molecule has 0 amide bonds. The van der Waals surface area contributed by atoms with Gasteiger partial charge in [0.1, 0.15) is 10.6 Å². The summed E-state index contributed by atoms with van der Waals surface area (Å²) in [5, 5.41) is 0.501. The molecule has 0 aromatic carbocycles. The van der Waals surface area contributed by atoms with Crippen LogP contribution in [0, 0.1) is 6.92 Å². The molecular formula is C13H13NO4S. The van der Waals surface area contributed by atoms with Crippen LogP contribution in [0.4, 0.5) is 0 Å². The van der Waals surface area contributed by atoms with Gasteiger partial charge in [0.05, 0.1) is 6.61 Å². The molecule has 2 aromatic rings. The van der Waals surface area contributed by atoms with Crippen molar-refractivity contribution < 1.29 is 18.7 Å². The van der Waals surface area contributed by atoms with Crippen molar-refractivity contribution in [1.82, 2.24) is 4.98 Å². The lowest BCUT2D eigenvalue weighted by molar-refractivity contribution is 0.0517. The highest BCUT2D eigenvalue weighted by Gasteiger charge is 2.23. The summed E-state index contributed by atoms with van der Waals surface area (Å²) in [5.41, 5.74) is 0.0587. The van der Waals surface area contributed by atoms with Gasteiger partial charge in [-0.25, -0.2) is 9.78 Å². The lowest BCUT2D eigenvalue weighted by Gasteiger charge is -1.98. The smallest absolute Gasteiger partial charge is 0.358 e. The summed E-state index contributed by atoms with van der Waals surface area (Å²) >= 11 is 1.13. The zero-order chi connectivity index (χ0) is 14.0. The molecule has 2 aromatic heterocycles. The van der Waals surface area contributed by atoms with E-state index >= 15 is 0 Å². The number of furan rings is 1. The Hall–Kier alpha value is -1.95. The van der Waals surface area contributed by atoms with Crippen molar-refractivity contribution in [3.8, 4) is 10.8 Å². The van der Waals surface area contributed by atoms with Crippen molar-refractivity contribution in [2.75, 3.05) is 6.61 Å². The van der Waals surface area contributed by atoms with E-state index in [4.69, 9.17) is 9.15 Å². The average molecular weight is 279 g/mol. The fraction of sp³-hybridized carbons (Fsp3) is 0.308. The largest absolute Gasteiger partial charge is 0.461 e. The van der Waals surface area contributed by atoms with Crippen molar-refractivity contribution >= 4 is 23.1 Å². The number of rotatable bonds is 4. The Bertz CT molecular complexity index is 626. The number of thiazole rings is 1. The van der Waals surface area contributed by atoms with E-state index in [9.17, 15) is 9.59 Å². The first-order valence-corrected chi connectivity index (χ1v) is 6.60. The Morgan fingerprint density at radius 2 is 2.16 bits per heavy atom. The van der Waals surface area contributed by atoms with Gasteiger partial charge in [-0.15, -0.1) is 11.3 Å². The molecule has 0 spiro atoms. The number of ether oxygens (including phenoxy) is 1. The number of ketones is 1. The highest BCUT2D eigenvalue weighted by atomic mass is 32.1. The second kappa shape index (κ2) is 5.36. The first kappa shape index (κ1) is 13.5. The van der Waals surface area contributed by atoms with Gasteiger partial charge in [0.2, 0.25) is 0 Å². The number of carbonyl (C=O) groups is 2. The van der Waals surface area contributed by atoms with Crippen LogP contribution in [0.25, 0.3) is 10.8 Å². The fourth-order valence-electron chi connectivity index (χ4n) is 1.55. The molecule has 0 N–H and O–H groups in total. The Balaban J connectivity index is 2.46. The minimum absolute atomic E-state index is 0.0587. The molecule has 100 valence electrons. The zero-order valence-corrected chi connectivity index (χ0v) is 11.7. The number of aryl methyl sites for hydroxylation is 1. The molecular weight excluding hydrogens is 266 g/mol. The van der Waals surface area contributed by atoms with Crippen LogP contribution in [0.1, 0.15) is 39.8 Å². The van der Waals surface area contributed by atoms with Gasteiger partial charge < -0.3 is 9.15 Å². The molecule has 0 fully saturated rings. The van der Waals surface area contributed by atoms with E-state index in [1.54, 1.807) is 19.1 Å². The van der Waals surface area contributed by atoms with Crippen molar-refractivity contribution in [3.63, 3.8) is 0 Å². The summed E-state index contributed by atoms with van der Waals surface area (Å²) in [6.07, 6.45) is 0. The third-order valence-electron chi connectivity index (χ3n) is 2.37. The molecule has 0 saturated carbocycles. The molecule has 5 nitrogen and oxygen atoms in total. The highest BCUT2D eigenvalue weighted by molar-refractivity contribution is 7.17. The Morgan fingerprint density at radius 1 is 1.42 bits per heavy atom. The molecule has 2 rings (SSSR count). The van der Waals surface area contributed by atoms with E-state index in [0.717, 1.165) is 17.1 Å². The summed E-state index contributed by atoms with van der Waals surface area (Å²) in [7, 11) is 0. The second-order valence-corrected chi connectivity index (χ2v) is 4.88. The predicted octanol–water partition coefficient (Wildman–Crippen LogP) is 3.09.